The predicted molar refractivity (Wildman–Crippen MR) is 144 cm³/mol. The molecule has 0 bridgehead atoms. The Morgan fingerprint density at radius 1 is 1.12 bits per heavy atom. The maximum atomic E-state index is 12.4. The molecule has 0 aromatic heterocycles. The zero-order valence-electron chi connectivity index (χ0n) is 21.0. The van der Waals surface area contributed by atoms with Crippen LogP contribution < -0.4 is 16.4 Å². The maximum absolute atomic E-state index is 12.4. The van der Waals surface area contributed by atoms with Crippen LogP contribution in [0.2, 0.25) is 0 Å². The smallest absolute Gasteiger partial charge is 0.227 e. The number of nitrogens with one attached hydrogen (secondary N) is 2. The first-order valence-electron chi connectivity index (χ1n) is 12.0. The number of carbonyl (C=O) groups is 2. The summed E-state index contributed by atoms with van der Waals surface area (Å²) in [4.78, 5) is 24.4. The standard InChI is InChI=1S/C25H41N3O4S2/c1-24(2,17-23(30)28-20-9-7-8-19(26)16-20)32-18-25(3,4)31-14-13-27-22(29)11-6-5-10-21-12-15-33-34-21/h7-9,16,21H,5-6,10-15,17-18,26H2,1-4H3,(H,27,29)(H,28,30). The van der Waals surface area contributed by atoms with Crippen molar-refractivity contribution in [2.24, 2.45) is 0 Å². The Bertz CT molecular complexity index is 783. The van der Waals surface area contributed by atoms with Gasteiger partial charge in [-0.15, -0.1) is 0 Å². The second-order valence-electron chi connectivity index (χ2n) is 9.93. The van der Waals surface area contributed by atoms with Gasteiger partial charge in [0.05, 0.1) is 30.8 Å². The van der Waals surface area contributed by atoms with E-state index in [1.54, 1.807) is 24.3 Å². The largest absolute Gasteiger partial charge is 0.399 e. The Hall–Kier alpha value is -1.42. The van der Waals surface area contributed by atoms with Crippen LogP contribution in [0.4, 0.5) is 11.4 Å². The van der Waals surface area contributed by atoms with E-state index in [1.807, 2.05) is 49.3 Å². The maximum Gasteiger partial charge on any atom is 0.227 e. The lowest BCUT2D eigenvalue weighted by molar-refractivity contribution is -0.136. The zero-order valence-corrected chi connectivity index (χ0v) is 22.6. The number of anilines is 2. The molecule has 0 saturated carbocycles. The van der Waals surface area contributed by atoms with E-state index >= 15 is 0 Å². The van der Waals surface area contributed by atoms with E-state index in [-0.39, 0.29) is 18.2 Å². The minimum Gasteiger partial charge on any atom is -0.399 e. The van der Waals surface area contributed by atoms with Crippen LogP contribution in [0.3, 0.4) is 0 Å². The number of amides is 2. The summed E-state index contributed by atoms with van der Waals surface area (Å²) in [6.45, 7) is 8.86. The second-order valence-corrected chi connectivity index (χ2v) is 12.7. The van der Waals surface area contributed by atoms with E-state index < -0.39 is 11.2 Å². The van der Waals surface area contributed by atoms with E-state index in [1.165, 1.54) is 18.6 Å². The number of hydrogen-bond donors (Lipinski definition) is 3. The molecule has 0 radical (unpaired) electrons. The first-order chi connectivity index (χ1) is 16.0. The number of carbonyl (C=O) groups excluding carboxylic acids is 2. The Morgan fingerprint density at radius 3 is 2.62 bits per heavy atom. The average Bonchev–Trinajstić information content (AvgIpc) is 3.26. The number of unbranched alkanes of at least 4 members (excludes halogenated alkanes) is 1. The summed E-state index contributed by atoms with van der Waals surface area (Å²) in [5, 5.41) is 6.55. The minimum atomic E-state index is -0.658. The van der Waals surface area contributed by atoms with E-state index in [9.17, 15) is 9.59 Å². The molecule has 4 N–H and O–H groups in total. The number of nitrogens with two attached hydrogens (primary N) is 1. The van der Waals surface area contributed by atoms with Gasteiger partial charge in [-0.1, -0.05) is 34.1 Å². The Kier molecular flexibility index (Phi) is 12.0. The fraction of sp³-hybridized carbons (Fsp3) is 0.680. The van der Waals surface area contributed by atoms with Gasteiger partial charge in [-0.25, -0.2) is 0 Å². The molecule has 1 aromatic rings. The lowest BCUT2D eigenvalue weighted by atomic mass is 10.0. The fourth-order valence-electron chi connectivity index (χ4n) is 3.50. The number of nitrogen functional groups attached to an aromatic ring is 1. The first-order valence-corrected chi connectivity index (χ1v) is 14.4. The highest BCUT2D eigenvalue weighted by Gasteiger charge is 2.28. The van der Waals surface area contributed by atoms with Crippen molar-refractivity contribution in [3.8, 4) is 0 Å². The van der Waals surface area contributed by atoms with Gasteiger partial charge in [-0.2, -0.15) is 0 Å². The summed E-state index contributed by atoms with van der Waals surface area (Å²) in [5.74, 6) is 1.20. The number of benzene rings is 1. The van der Waals surface area contributed by atoms with Gasteiger partial charge in [0.15, 0.2) is 0 Å². The zero-order chi connectivity index (χ0) is 25.0. The molecule has 1 saturated heterocycles. The third-order valence-corrected chi connectivity index (χ3v) is 8.40. The number of ether oxygens (including phenoxy) is 2. The molecule has 192 valence electrons. The third-order valence-electron chi connectivity index (χ3n) is 5.39. The topological polar surface area (TPSA) is 103 Å². The molecule has 34 heavy (non-hydrogen) atoms. The van der Waals surface area contributed by atoms with Crippen molar-refractivity contribution in [3.05, 3.63) is 24.3 Å². The normalized spacial score (nSPS) is 16.4. The minimum absolute atomic E-state index is 0.0819. The van der Waals surface area contributed by atoms with Crippen molar-refractivity contribution in [2.45, 2.75) is 82.7 Å². The van der Waals surface area contributed by atoms with Gasteiger partial charge in [0.25, 0.3) is 0 Å². The van der Waals surface area contributed by atoms with Gasteiger partial charge < -0.3 is 25.8 Å². The third kappa shape index (κ3) is 12.3. The van der Waals surface area contributed by atoms with E-state index in [2.05, 4.69) is 10.6 Å². The average molecular weight is 512 g/mol. The molecule has 0 spiro atoms. The Labute approximate surface area is 212 Å². The van der Waals surface area contributed by atoms with Gasteiger partial charge in [0, 0.05) is 35.3 Å². The molecule has 2 rings (SSSR count). The molecular formula is C25H41N3O4S2. The van der Waals surface area contributed by atoms with Crippen molar-refractivity contribution in [2.75, 3.05) is 36.6 Å². The summed E-state index contributed by atoms with van der Waals surface area (Å²) < 4.78 is 11.9. The summed E-state index contributed by atoms with van der Waals surface area (Å²) in [6.07, 6.45) is 5.33. The summed E-state index contributed by atoms with van der Waals surface area (Å²) >= 11 is 0. The SMILES string of the molecule is CC(C)(COC(C)(C)CC(=O)Nc1cccc(N)c1)OCCNC(=O)CCCCC1CCSS1. The van der Waals surface area contributed by atoms with Crippen molar-refractivity contribution >= 4 is 44.8 Å². The summed E-state index contributed by atoms with van der Waals surface area (Å²) in [7, 11) is 3.96. The van der Waals surface area contributed by atoms with Crippen molar-refractivity contribution in [1.82, 2.24) is 5.32 Å². The highest BCUT2D eigenvalue weighted by atomic mass is 33.1. The lowest BCUT2D eigenvalue weighted by Gasteiger charge is -2.31. The van der Waals surface area contributed by atoms with Crippen LogP contribution in [-0.2, 0) is 19.1 Å². The van der Waals surface area contributed by atoms with Crippen LogP contribution in [0.5, 0.6) is 0 Å². The molecule has 1 aromatic carbocycles. The Balaban J connectivity index is 1.57. The quantitative estimate of drug-likeness (QED) is 0.173. The second kappa shape index (κ2) is 14.2. The molecule has 2 amide bonds. The molecule has 1 aliphatic rings. The van der Waals surface area contributed by atoms with Gasteiger partial charge in [0.2, 0.25) is 11.8 Å². The van der Waals surface area contributed by atoms with Crippen molar-refractivity contribution in [1.29, 1.82) is 0 Å². The van der Waals surface area contributed by atoms with Crippen LogP contribution in [-0.4, -0.2) is 53.8 Å². The highest BCUT2D eigenvalue weighted by Crippen LogP contribution is 2.39. The molecule has 1 atom stereocenters. The lowest BCUT2D eigenvalue weighted by Crippen LogP contribution is -2.40. The van der Waals surface area contributed by atoms with Gasteiger partial charge in [0.1, 0.15) is 0 Å². The highest BCUT2D eigenvalue weighted by molar-refractivity contribution is 8.77. The molecule has 1 aliphatic heterocycles. The van der Waals surface area contributed by atoms with Crippen molar-refractivity contribution < 1.29 is 19.1 Å². The van der Waals surface area contributed by atoms with E-state index in [0.717, 1.165) is 18.1 Å². The molecule has 9 heteroatoms. The molecular weight excluding hydrogens is 470 g/mol. The van der Waals surface area contributed by atoms with Crippen LogP contribution >= 0.6 is 21.6 Å². The van der Waals surface area contributed by atoms with E-state index in [0.29, 0.717) is 37.6 Å². The van der Waals surface area contributed by atoms with Gasteiger partial charge in [-0.05, 0) is 65.2 Å². The van der Waals surface area contributed by atoms with Crippen LogP contribution in [0, 0.1) is 0 Å². The summed E-state index contributed by atoms with van der Waals surface area (Å²) in [5.41, 5.74) is 5.83. The monoisotopic (exact) mass is 511 g/mol. The summed E-state index contributed by atoms with van der Waals surface area (Å²) in [6, 6.07) is 7.08. The Morgan fingerprint density at radius 2 is 1.91 bits per heavy atom. The molecule has 0 aliphatic carbocycles. The molecule has 1 fully saturated rings. The van der Waals surface area contributed by atoms with E-state index in [4.69, 9.17) is 15.2 Å². The first kappa shape index (κ1) is 28.8. The van der Waals surface area contributed by atoms with Crippen LogP contribution in [0.1, 0.15) is 66.2 Å². The predicted octanol–water partition coefficient (Wildman–Crippen LogP) is 5.02. The molecule has 7 nitrogen and oxygen atoms in total. The molecule has 1 heterocycles. The fourth-order valence-corrected chi connectivity index (χ4v) is 6.53. The van der Waals surface area contributed by atoms with Crippen LogP contribution in [0.25, 0.3) is 0 Å². The molecule has 1 unspecified atom stereocenters. The number of rotatable bonds is 15. The van der Waals surface area contributed by atoms with Crippen LogP contribution in [0.15, 0.2) is 24.3 Å². The van der Waals surface area contributed by atoms with Gasteiger partial charge >= 0.3 is 0 Å². The number of hydrogen-bond acceptors (Lipinski definition) is 7. The van der Waals surface area contributed by atoms with Crippen molar-refractivity contribution in [3.63, 3.8) is 0 Å². The van der Waals surface area contributed by atoms with Gasteiger partial charge in [-0.3, -0.25) is 9.59 Å².